The Morgan fingerprint density at radius 3 is 2.71 bits per heavy atom. The van der Waals surface area contributed by atoms with Crippen LogP contribution in [0.4, 0.5) is 18.9 Å². The van der Waals surface area contributed by atoms with Crippen LogP contribution >= 0.6 is 22.9 Å². The van der Waals surface area contributed by atoms with Crippen molar-refractivity contribution < 1.29 is 18.0 Å². The van der Waals surface area contributed by atoms with Crippen molar-refractivity contribution in [3.05, 3.63) is 52.0 Å². The van der Waals surface area contributed by atoms with Crippen LogP contribution in [-0.2, 0) is 12.7 Å². The summed E-state index contributed by atoms with van der Waals surface area (Å²) in [4.78, 5) is 12.5. The second-order valence-electron chi connectivity index (χ2n) is 5.09. The third-order valence-corrected chi connectivity index (χ3v) is 4.80. The smallest absolute Gasteiger partial charge is 0.336 e. The molecule has 1 aromatic carbocycles. The maximum atomic E-state index is 12.8. The first-order valence-corrected chi connectivity index (χ1v) is 8.32. The van der Waals surface area contributed by atoms with Gasteiger partial charge in [-0.3, -0.25) is 4.79 Å². The van der Waals surface area contributed by atoms with E-state index in [9.17, 15) is 18.0 Å². The van der Waals surface area contributed by atoms with Crippen LogP contribution in [0.1, 0.15) is 23.0 Å². The molecule has 1 amide bonds. The highest BCUT2D eigenvalue weighted by atomic mass is 35.5. The number of carbonyl (C=O) groups is 1. The average Bonchev–Trinajstić information content (AvgIpc) is 3.08. The number of aromatic nitrogens is 1. The van der Waals surface area contributed by atoms with Gasteiger partial charge >= 0.3 is 6.18 Å². The molecule has 0 spiro atoms. The fourth-order valence-corrected chi connectivity index (χ4v) is 3.48. The van der Waals surface area contributed by atoms with Gasteiger partial charge in [0.05, 0.1) is 26.5 Å². The molecular weight excluding hydrogens is 361 g/mol. The monoisotopic (exact) mass is 372 g/mol. The van der Waals surface area contributed by atoms with Crippen LogP contribution in [0.25, 0.3) is 10.2 Å². The molecular formula is C16H12ClF3N2OS. The van der Waals surface area contributed by atoms with E-state index in [1.807, 2.05) is 22.9 Å². The van der Waals surface area contributed by atoms with Crippen molar-refractivity contribution >= 4 is 44.7 Å². The van der Waals surface area contributed by atoms with Gasteiger partial charge in [0, 0.05) is 6.54 Å². The molecule has 2 heterocycles. The van der Waals surface area contributed by atoms with Gasteiger partial charge in [-0.05, 0) is 42.6 Å². The van der Waals surface area contributed by atoms with Gasteiger partial charge in [-0.15, -0.1) is 11.3 Å². The van der Waals surface area contributed by atoms with Crippen molar-refractivity contribution in [3.63, 3.8) is 0 Å². The number of rotatable bonds is 3. The highest BCUT2D eigenvalue weighted by Crippen LogP contribution is 2.34. The first-order valence-electron chi connectivity index (χ1n) is 7.06. The van der Waals surface area contributed by atoms with Gasteiger partial charge in [0.25, 0.3) is 5.91 Å². The van der Waals surface area contributed by atoms with Gasteiger partial charge in [-0.25, -0.2) is 0 Å². The summed E-state index contributed by atoms with van der Waals surface area (Å²) in [6.07, 6.45) is -4.50. The second kappa shape index (κ2) is 6.14. The first-order chi connectivity index (χ1) is 11.3. The lowest BCUT2D eigenvalue weighted by molar-refractivity contribution is -0.137. The van der Waals surface area contributed by atoms with Crippen molar-refractivity contribution in [1.82, 2.24) is 4.57 Å². The Hall–Kier alpha value is -1.99. The molecule has 0 unspecified atom stereocenters. The number of fused-ring (bicyclic) bond motifs is 1. The van der Waals surface area contributed by atoms with Crippen LogP contribution in [0.3, 0.4) is 0 Å². The van der Waals surface area contributed by atoms with Crippen LogP contribution in [0.15, 0.2) is 35.7 Å². The predicted molar refractivity (Wildman–Crippen MR) is 89.9 cm³/mol. The minimum atomic E-state index is -4.50. The summed E-state index contributed by atoms with van der Waals surface area (Å²) < 4.78 is 41.2. The average molecular weight is 373 g/mol. The van der Waals surface area contributed by atoms with E-state index in [0.29, 0.717) is 12.2 Å². The summed E-state index contributed by atoms with van der Waals surface area (Å²) in [6, 6.07) is 6.46. The number of hydrogen-bond acceptors (Lipinski definition) is 2. The number of anilines is 1. The lowest BCUT2D eigenvalue weighted by Gasteiger charge is -2.12. The van der Waals surface area contributed by atoms with Crippen molar-refractivity contribution in [2.75, 3.05) is 5.32 Å². The number of benzene rings is 1. The maximum absolute atomic E-state index is 12.8. The summed E-state index contributed by atoms with van der Waals surface area (Å²) in [6.45, 7) is 2.46. The van der Waals surface area contributed by atoms with Crippen LogP contribution in [-0.4, -0.2) is 10.5 Å². The highest BCUT2D eigenvalue weighted by Gasteiger charge is 2.31. The number of hydrogen-bond donors (Lipinski definition) is 1. The van der Waals surface area contributed by atoms with Crippen molar-refractivity contribution in [1.29, 1.82) is 0 Å². The molecule has 1 N–H and O–H groups in total. The molecule has 3 rings (SSSR count). The largest absolute Gasteiger partial charge is 0.416 e. The van der Waals surface area contributed by atoms with Crippen LogP contribution in [0.2, 0.25) is 5.02 Å². The molecule has 3 aromatic rings. The van der Waals surface area contributed by atoms with E-state index in [1.54, 1.807) is 6.07 Å². The molecule has 2 aromatic heterocycles. The van der Waals surface area contributed by atoms with Crippen LogP contribution in [0, 0.1) is 0 Å². The molecule has 0 aliphatic heterocycles. The molecule has 0 radical (unpaired) electrons. The normalized spacial score (nSPS) is 11.9. The molecule has 0 saturated carbocycles. The minimum absolute atomic E-state index is 0.0489. The van der Waals surface area contributed by atoms with Crippen LogP contribution in [0.5, 0.6) is 0 Å². The number of aryl methyl sites for hydroxylation is 1. The molecule has 0 aliphatic rings. The van der Waals surface area contributed by atoms with Crippen molar-refractivity contribution in [2.24, 2.45) is 0 Å². The van der Waals surface area contributed by atoms with Gasteiger partial charge in [-0.1, -0.05) is 11.6 Å². The molecule has 3 nitrogen and oxygen atoms in total. The fourth-order valence-electron chi connectivity index (χ4n) is 2.49. The van der Waals surface area contributed by atoms with E-state index in [1.165, 1.54) is 11.3 Å². The zero-order valence-electron chi connectivity index (χ0n) is 12.4. The molecule has 0 bridgehead atoms. The Morgan fingerprint density at radius 2 is 2.04 bits per heavy atom. The fraction of sp³-hybridized carbons (Fsp3) is 0.188. The van der Waals surface area contributed by atoms with E-state index in [2.05, 4.69) is 5.32 Å². The Morgan fingerprint density at radius 1 is 1.29 bits per heavy atom. The summed E-state index contributed by atoms with van der Waals surface area (Å²) in [5.41, 5.74) is 0.369. The van der Waals surface area contributed by atoms with Gasteiger partial charge in [0.15, 0.2) is 0 Å². The van der Waals surface area contributed by atoms with E-state index >= 15 is 0 Å². The molecule has 0 aliphatic carbocycles. The topological polar surface area (TPSA) is 34.0 Å². The van der Waals surface area contributed by atoms with Crippen molar-refractivity contribution in [3.8, 4) is 0 Å². The number of thiophene rings is 1. The van der Waals surface area contributed by atoms with Crippen molar-refractivity contribution in [2.45, 2.75) is 19.6 Å². The zero-order chi connectivity index (χ0) is 17.5. The Bertz CT molecular complexity index is 914. The van der Waals surface area contributed by atoms with Gasteiger partial charge in [0.2, 0.25) is 0 Å². The minimum Gasteiger partial charge on any atom is -0.336 e. The Labute approximate surface area is 144 Å². The zero-order valence-corrected chi connectivity index (χ0v) is 14.0. The highest BCUT2D eigenvalue weighted by molar-refractivity contribution is 7.17. The first kappa shape index (κ1) is 16.9. The summed E-state index contributed by atoms with van der Waals surface area (Å²) in [5, 5.41) is 4.45. The van der Waals surface area contributed by atoms with E-state index in [4.69, 9.17) is 11.6 Å². The summed E-state index contributed by atoms with van der Waals surface area (Å²) in [5.74, 6) is -0.499. The maximum Gasteiger partial charge on any atom is 0.416 e. The quantitative estimate of drug-likeness (QED) is 0.633. The van der Waals surface area contributed by atoms with Gasteiger partial charge in [-0.2, -0.15) is 13.2 Å². The van der Waals surface area contributed by atoms with E-state index < -0.39 is 17.6 Å². The summed E-state index contributed by atoms with van der Waals surface area (Å²) in [7, 11) is 0. The Kier molecular flexibility index (Phi) is 4.31. The molecule has 126 valence electrons. The number of halogens is 4. The molecule has 0 fully saturated rings. The summed E-state index contributed by atoms with van der Waals surface area (Å²) >= 11 is 7.42. The van der Waals surface area contributed by atoms with E-state index in [-0.39, 0.29) is 10.7 Å². The predicted octanol–water partition coefficient (Wildman–Crippen LogP) is 5.65. The lowest BCUT2D eigenvalue weighted by atomic mass is 10.2. The SMILES string of the molecule is CCn1c(C(=O)Nc2cc(C(F)(F)F)ccc2Cl)cc2sccc21. The number of nitrogens with zero attached hydrogens (tertiary/aromatic N) is 1. The third kappa shape index (κ3) is 3.01. The Balaban J connectivity index is 1.95. The van der Waals surface area contributed by atoms with Crippen LogP contribution < -0.4 is 5.32 Å². The molecule has 0 saturated heterocycles. The van der Waals surface area contributed by atoms with Gasteiger partial charge < -0.3 is 9.88 Å². The number of alkyl halides is 3. The lowest BCUT2D eigenvalue weighted by Crippen LogP contribution is -2.17. The molecule has 0 atom stereocenters. The van der Waals surface area contributed by atoms with Gasteiger partial charge in [0.1, 0.15) is 5.69 Å². The number of nitrogens with one attached hydrogen (secondary N) is 1. The second-order valence-corrected chi connectivity index (χ2v) is 6.45. The van der Waals surface area contributed by atoms with E-state index in [0.717, 1.165) is 28.4 Å². The number of amides is 1. The molecule has 24 heavy (non-hydrogen) atoms. The standard InChI is InChI=1S/C16H12ClF3N2OS/c1-2-22-12-5-6-24-14(12)8-13(22)15(23)21-11-7-9(16(18,19)20)3-4-10(11)17/h3-8H,2H2,1H3,(H,21,23). The number of carbonyl (C=O) groups excluding carboxylic acids is 1. The third-order valence-electron chi connectivity index (χ3n) is 3.61. The molecule has 8 heteroatoms.